The fourth-order valence-corrected chi connectivity index (χ4v) is 4.35. The number of carbonyl (C=O) groups excluding carboxylic acids is 1. The Bertz CT molecular complexity index is 1480. The van der Waals surface area contributed by atoms with Gasteiger partial charge in [-0.05, 0) is 23.8 Å². The van der Waals surface area contributed by atoms with Crippen LogP contribution in [0.4, 0.5) is 11.5 Å². The maximum atomic E-state index is 13.1. The summed E-state index contributed by atoms with van der Waals surface area (Å²) in [6, 6.07) is 13.2. The van der Waals surface area contributed by atoms with Crippen LogP contribution in [0.1, 0.15) is 15.9 Å². The van der Waals surface area contributed by atoms with Gasteiger partial charge in [-0.25, -0.2) is 17.5 Å². The van der Waals surface area contributed by atoms with Crippen molar-refractivity contribution < 1.29 is 17.9 Å². The molecule has 11 nitrogen and oxygen atoms in total. The summed E-state index contributed by atoms with van der Waals surface area (Å²) in [5, 5.41) is 2.82. The molecule has 12 heteroatoms. The number of benzene rings is 2. The van der Waals surface area contributed by atoms with Crippen LogP contribution < -0.4 is 27.0 Å². The first-order valence-corrected chi connectivity index (χ1v) is 11.9. The predicted octanol–water partition coefficient (Wildman–Crippen LogP) is 0.731. The number of nitrogens with two attached hydrogens (primary N) is 1. The average molecular weight is 502 g/mol. The zero-order chi connectivity index (χ0) is 25.9. The second-order valence-electron chi connectivity index (χ2n) is 7.90. The summed E-state index contributed by atoms with van der Waals surface area (Å²) in [5.74, 6) is -0.622. The number of nitrogen functional groups attached to an aromatic ring is 1. The van der Waals surface area contributed by atoms with E-state index in [9.17, 15) is 22.8 Å². The van der Waals surface area contributed by atoms with Gasteiger partial charge in [-0.2, -0.15) is 0 Å². The third-order valence-electron chi connectivity index (χ3n) is 5.43. The second-order valence-corrected chi connectivity index (χ2v) is 10.1. The van der Waals surface area contributed by atoms with Crippen molar-refractivity contribution >= 4 is 27.3 Å². The van der Waals surface area contributed by atoms with Crippen molar-refractivity contribution in [2.45, 2.75) is 11.4 Å². The fraction of sp³-hybridized carbons (Fsp3) is 0.261. The molecule has 3 aromatic rings. The molecule has 1 heterocycles. The molecule has 186 valence electrons. The number of anilines is 2. The van der Waals surface area contributed by atoms with Crippen LogP contribution in [0.15, 0.2) is 63.0 Å². The highest BCUT2D eigenvalue weighted by molar-refractivity contribution is 7.89. The summed E-state index contributed by atoms with van der Waals surface area (Å²) in [4.78, 5) is 38.5. The summed E-state index contributed by atoms with van der Waals surface area (Å²) < 4.78 is 33.3. The molecule has 3 N–H and O–H groups in total. The lowest BCUT2D eigenvalue weighted by molar-refractivity contribution is 0.100. The van der Waals surface area contributed by atoms with E-state index < -0.39 is 33.6 Å². The Balaban J connectivity index is 1.97. The van der Waals surface area contributed by atoms with E-state index in [4.69, 9.17) is 10.5 Å². The van der Waals surface area contributed by atoms with Gasteiger partial charge >= 0.3 is 5.69 Å². The van der Waals surface area contributed by atoms with Crippen molar-refractivity contribution in [1.82, 2.24) is 13.4 Å². The van der Waals surface area contributed by atoms with Gasteiger partial charge in [-0.15, -0.1) is 0 Å². The van der Waals surface area contributed by atoms with Gasteiger partial charge < -0.3 is 15.8 Å². The number of ketones is 1. The van der Waals surface area contributed by atoms with E-state index in [0.717, 1.165) is 19.0 Å². The highest BCUT2D eigenvalue weighted by Gasteiger charge is 2.23. The number of ether oxygens (including phenoxy) is 1. The van der Waals surface area contributed by atoms with Gasteiger partial charge in [0, 0.05) is 21.1 Å². The maximum absolute atomic E-state index is 13.1. The maximum Gasteiger partial charge on any atom is 0.332 e. The number of aromatic nitrogens is 2. The normalized spacial score (nSPS) is 11.5. The third-order valence-corrected chi connectivity index (χ3v) is 7.25. The molecule has 0 saturated carbocycles. The van der Waals surface area contributed by atoms with E-state index in [-0.39, 0.29) is 28.5 Å². The highest BCUT2D eigenvalue weighted by atomic mass is 32.2. The third kappa shape index (κ3) is 5.12. The number of sulfonamides is 1. The summed E-state index contributed by atoms with van der Waals surface area (Å²) >= 11 is 0. The first-order valence-electron chi connectivity index (χ1n) is 10.5. The summed E-state index contributed by atoms with van der Waals surface area (Å²) in [5.41, 5.74) is 5.32. The van der Waals surface area contributed by atoms with Crippen LogP contribution in [0.25, 0.3) is 0 Å². The second kappa shape index (κ2) is 10.2. The van der Waals surface area contributed by atoms with E-state index in [1.807, 2.05) is 6.07 Å². The van der Waals surface area contributed by atoms with Gasteiger partial charge in [0.25, 0.3) is 5.56 Å². The number of hydrogen-bond acceptors (Lipinski definition) is 8. The zero-order valence-electron chi connectivity index (χ0n) is 19.8. The number of Topliss-reactive ketones (excluding diaryl/α,β-unsaturated/α-hetero) is 1. The van der Waals surface area contributed by atoms with Crippen LogP contribution in [0.3, 0.4) is 0 Å². The Morgan fingerprint density at radius 3 is 2.37 bits per heavy atom. The number of nitrogens with zero attached hydrogens (tertiary/aromatic N) is 3. The molecule has 35 heavy (non-hydrogen) atoms. The van der Waals surface area contributed by atoms with E-state index >= 15 is 0 Å². The average Bonchev–Trinajstić information content (AvgIpc) is 2.84. The summed E-state index contributed by atoms with van der Waals surface area (Å²) in [6.45, 7) is -0.323. The molecule has 0 bridgehead atoms. The molecule has 0 aliphatic heterocycles. The minimum atomic E-state index is -3.73. The van der Waals surface area contributed by atoms with Gasteiger partial charge in [0.1, 0.15) is 17.1 Å². The van der Waals surface area contributed by atoms with Gasteiger partial charge in [0.2, 0.25) is 10.0 Å². The standard InChI is InChI=1S/C23H27N5O6S/c1-26(2)35(32,33)16-10-11-19(34-4)17(12-16)25-13-18(29)20-21(24)28(23(31)27(3)22(20)30)14-15-8-6-5-7-9-15/h5-12,25H,13-14,24H2,1-4H3. The van der Waals surface area contributed by atoms with Crippen molar-refractivity contribution in [3.05, 3.63) is 80.5 Å². The lowest BCUT2D eigenvalue weighted by atomic mass is 10.1. The van der Waals surface area contributed by atoms with Crippen LogP contribution in [0.5, 0.6) is 5.75 Å². The molecule has 0 atom stereocenters. The summed E-state index contributed by atoms with van der Waals surface area (Å²) in [7, 11) is 1.74. The Morgan fingerprint density at radius 1 is 1.11 bits per heavy atom. The van der Waals surface area contributed by atoms with Crippen molar-refractivity contribution in [3.63, 3.8) is 0 Å². The quantitative estimate of drug-likeness (QED) is 0.408. The van der Waals surface area contributed by atoms with E-state index in [1.54, 1.807) is 24.3 Å². The van der Waals surface area contributed by atoms with E-state index in [2.05, 4.69) is 5.32 Å². The Hall–Kier alpha value is -3.90. The van der Waals surface area contributed by atoms with Crippen molar-refractivity contribution in [2.75, 3.05) is 38.8 Å². The van der Waals surface area contributed by atoms with Gasteiger partial charge in [-0.3, -0.25) is 18.7 Å². The van der Waals surface area contributed by atoms with Crippen LogP contribution >= 0.6 is 0 Å². The molecular formula is C23H27N5O6S. The lowest BCUT2D eigenvalue weighted by Gasteiger charge is -2.17. The molecule has 1 aromatic heterocycles. The molecule has 2 aromatic carbocycles. The largest absolute Gasteiger partial charge is 0.495 e. The molecule has 0 unspecified atom stereocenters. The number of nitrogens with one attached hydrogen (secondary N) is 1. The number of rotatable bonds is 9. The Kier molecular flexibility index (Phi) is 7.46. The molecule has 0 amide bonds. The van der Waals surface area contributed by atoms with Crippen molar-refractivity contribution in [1.29, 1.82) is 0 Å². The first kappa shape index (κ1) is 25.7. The SMILES string of the molecule is COc1ccc(S(=O)(=O)N(C)C)cc1NCC(=O)c1c(N)n(Cc2ccccc2)c(=O)n(C)c1=O. The minimum absolute atomic E-state index is 0.00918. The van der Waals surface area contributed by atoms with E-state index in [0.29, 0.717) is 5.75 Å². The van der Waals surface area contributed by atoms with Crippen LogP contribution in [0.2, 0.25) is 0 Å². The lowest BCUT2D eigenvalue weighted by Crippen LogP contribution is -2.43. The number of methoxy groups -OCH3 is 1. The molecule has 0 spiro atoms. The number of hydrogen-bond donors (Lipinski definition) is 2. The molecule has 0 aliphatic rings. The van der Waals surface area contributed by atoms with Gasteiger partial charge in [0.05, 0.1) is 30.8 Å². The smallest absolute Gasteiger partial charge is 0.332 e. The monoisotopic (exact) mass is 501 g/mol. The topological polar surface area (TPSA) is 146 Å². The minimum Gasteiger partial charge on any atom is -0.495 e. The Labute approximate surface area is 202 Å². The van der Waals surface area contributed by atoms with Crippen LogP contribution in [-0.2, 0) is 23.6 Å². The number of carbonyl (C=O) groups is 1. The molecule has 0 aliphatic carbocycles. The van der Waals surface area contributed by atoms with Crippen LogP contribution in [0, 0.1) is 0 Å². The predicted molar refractivity (Wildman–Crippen MR) is 133 cm³/mol. The molecule has 0 radical (unpaired) electrons. The molecular weight excluding hydrogens is 474 g/mol. The molecule has 3 rings (SSSR count). The van der Waals surface area contributed by atoms with E-state index in [1.165, 1.54) is 46.5 Å². The molecule has 0 saturated heterocycles. The van der Waals surface area contributed by atoms with Crippen molar-refractivity contribution in [3.8, 4) is 5.75 Å². The highest BCUT2D eigenvalue weighted by Crippen LogP contribution is 2.28. The fourth-order valence-electron chi connectivity index (χ4n) is 3.42. The Morgan fingerprint density at radius 2 is 1.77 bits per heavy atom. The van der Waals surface area contributed by atoms with Crippen molar-refractivity contribution in [2.24, 2.45) is 7.05 Å². The van der Waals surface area contributed by atoms with Crippen LogP contribution in [-0.4, -0.2) is 55.4 Å². The zero-order valence-corrected chi connectivity index (χ0v) is 20.6. The summed E-state index contributed by atoms with van der Waals surface area (Å²) in [6.07, 6.45) is 0. The first-order chi connectivity index (χ1) is 16.5. The van der Waals surface area contributed by atoms with Gasteiger partial charge in [-0.1, -0.05) is 30.3 Å². The molecule has 0 fully saturated rings. The van der Waals surface area contributed by atoms with Gasteiger partial charge in [0.15, 0.2) is 5.78 Å².